The number of anilines is 1. The molecule has 0 fully saturated rings. The number of urea groups is 1. The maximum Gasteiger partial charge on any atom is 0.419 e. The van der Waals surface area contributed by atoms with E-state index in [1.807, 2.05) is 13.8 Å². The maximum atomic E-state index is 12.0. The normalized spacial score (nSPS) is 10.9. The molecule has 3 aromatic rings. The number of aromatic nitrogens is 3. The van der Waals surface area contributed by atoms with Crippen molar-refractivity contribution in [1.82, 2.24) is 20.1 Å². The SMILES string of the molecule is CCc1nnc(CNC(=O)Nc2ccc3c(c2)oc(=O)n3CC)s1. The standard InChI is InChI=1S/C15H17N5O3S/c1-3-12-18-19-13(24-12)8-16-14(21)17-9-5-6-10-11(7-9)23-15(22)20(10)4-2/h5-7H,3-4,8H2,1-2H3,(H2,16,17,21). The predicted octanol–water partition coefficient (Wildman–Crippen LogP) is 2.35. The lowest BCUT2D eigenvalue weighted by molar-refractivity contribution is 0.251. The number of fused-ring (bicyclic) bond motifs is 1. The first-order valence-electron chi connectivity index (χ1n) is 7.60. The maximum absolute atomic E-state index is 12.0. The summed E-state index contributed by atoms with van der Waals surface area (Å²) in [7, 11) is 0. The van der Waals surface area contributed by atoms with Gasteiger partial charge in [-0.2, -0.15) is 0 Å². The predicted molar refractivity (Wildman–Crippen MR) is 91.3 cm³/mol. The van der Waals surface area contributed by atoms with E-state index in [1.54, 1.807) is 18.2 Å². The molecule has 0 radical (unpaired) electrons. The molecule has 0 unspecified atom stereocenters. The van der Waals surface area contributed by atoms with E-state index in [0.717, 1.165) is 16.4 Å². The molecule has 0 saturated carbocycles. The molecule has 0 atom stereocenters. The van der Waals surface area contributed by atoms with Gasteiger partial charge in [-0.05, 0) is 25.5 Å². The molecular weight excluding hydrogens is 330 g/mol. The number of carbonyl (C=O) groups is 1. The highest BCUT2D eigenvalue weighted by molar-refractivity contribution is 7.11. The summed E-state index contributed by atoms with van der Waals surface area (Å²) in [5.41, 5.74) is 1.69. The van der Waals surface area contributed by atoms with Crippen LogP contribution in [0.2, 0.25) is 0 Å². The number of rotatable bonds is 5. The minimum Gasteiger partial charge on any atom is -0.408 e. The Bertz CT molecular complexity index is 927. The molecule has 2 N–H and O–H groups in total. The van der Waals surface area contributed by atoms with Gasteiger partial charge in [0.05, 0.1) is 12.1 Å². The minimum absolute atomic E-state index is 0.313. The quantitative estimate of drug-likeness (QED) is 0.737. The van der Waals surface area contributed by atoms with Gasteiger partial charge in [0.15, 0.2) is 5.58 Å². The summed E-state index contributed by atoms with van der Waals surface area (Å²) in [6.45, 7) is 4.71. The highest BCUT2D eigenvalue weighted by Crippen LogP contribution is 2.18. The van der Waals surface area contributed by atoms with Crippen molar-refractivity contribution in [3.05, 3.63) is 38.8 Å². The van der Waals surface area contributed by atoms with Crippen LogP contribution in [0.1, 0.15) is 23.9 Å². The number of aryl methyl sites for hydroxylation is 2. The Kier molecular flexibility index (Phi) is 4.61. The van der Waals surface area contributed by atoms with Gasteiger partial charge in [0.25, 0.3) is 0 Å². The average molecular weight is 347 g/mol. The number of amides is 2. The van der Waals surface area contributed by atoms with Crippen LogP contribution in [0.25, 0.3) is 11.1 Å². The van der Waals surface area contributed by atoms with Crippen LogP contribution in [0.3, 0.4) is 0 Å². The molecule has 3 rings (SSSR count). The number of nitrogens with one attached hydrogen (secondary N) is 2. The number of hydrogen-bond acceptors (Lipinski definition) is 6. The summed E-state index contributed by atoms with van der Waals surface area (Å²) in [5.74, 6) is -0.405. The number of benzene rings is 1. The molecular formula is C15H17N5O3S. The Hall–Kier alpha value is -2.68. The second-order valence-corrected chi connectivity index (χ2v) is 6.19. The van der Waals surface area contributed by atoms with Crippen LogP contribution in [-0.2, 0) is 19.5 Å². The van der Waals surface area contributed by atoms with Crippen molar-refractivity contribution in [2.75, 3.05) is 5.32 Å². The zero-order valence-electron chi connectivity index (χ0n) is 13.3. The van der Waals surface area contributed by atoms with Crippen LogP contribution in [0.5, 0.6) is 0 Å². The van der Waals surface area contributed by atoms with Crippen molar-refractivity contribution in [2.45, 2.75) is 33.4 Å². The van der Waals surface area contributed by atoms with Crippen molar-refractivity contribution in [1.29, 1.82) is 0 Å². The molecule has 2 aromatic heterocycles. The lowest BCUT2D eigenvalue weighted by Gasteiger charge is -2.06. The van der Waals surface area contributed by atoms with Gasteiger partial charge in [0, 0.05) is 18.3 Å². The summed E-state index contributed by atoms with van der Waals surface area (Å²) in [6, 6.07) is 4.74. The molecule has 0 aliphatic carbocycles. The number of oxazole rings is 1. The molecule has 0 aliphatic rings. The second kappa shape index (κ2) is 6.83. The summed E-state index contributed by atoms with van der Waals surface area (Å²) in [6.07, 6.45) is 0.826. The first kappa shape index (κ1) is 16.2. The highest BCUT2D eigenvalue weighted by atomic mass is 32.1. The van der Waals surface area contributed by atoms with Gasteiger partial charge >= 0.3 is 11.8 Å². The van der Waals surface area contributed by atoms with Crippen molar-refractivity contribution < 1.29 is 9.21 Å². The summed E-state index contributed by atoms with van der Waals surface area (Å²) in [5, 5.41) is 15.1. The molecule has 9 heteroatoms. The molecule has 0 aliphatic heterocycles. The Morgan fingerprint density at radius 2 is 2.08 bits per heavy atom. The lowest BCUT2D eigenvalue weighted by Crippen LogP contribution is -2.28. The summed E-state index contributed by atoms with van der Waals surface area (Å²) >= 11 is 1.47. The molecule has 8 nitrogen and oxygen atoms in total. The first-order chi connectivity index (χ1) is 11.6. The molecule has 0 spiro atoms. The number of carbonyl (C=O) groups excluding carboxylic acids is 1. The Balaban J connectivity index is 1.65. The first-order valence-corrected chi connectivity index (χ1v) is 8.41. The van der Waals surface area contributed by atoms with Gasteiger partial charge < -0.3 is 15.1 Å². The van der Waals surface area contributed by atoms with Gasteiger partial charge in [-0.3, -0.25) is 4.57 Å². The van der Waals surface area contributed by atoms with Gasteiger partial charge in [-0.15, -0.1) is 10.2 Å². The van der Waals surface area contributed by atoms with Crippen molar-refractivity contribution in [3.63, 3.8) is 0 Å². The van der Waals surface area contributed by atoms with Crippen LogP contribution < -0.4 is 16.4 Å². The smallest absolute Gasteiger partial charge is 0.408 e. The third kappa shape index (κ3) is 3.30. The second-order valence-electron chi connectivity index (χ2n) is 5.05. The molecule has 0 saturated heterocycles. The molecule has 126 valence electrons. The van der Waals surface area contributed by atoms with E-state index >= 15 is 0 Å². The van der Waals surface area contributed by atoms with Crippen LogP contribution in [0.15, 0.2) is 27.4 Å². The minimum atomic E-state index is -0.405. The van der Waals surface area contributed by atoms with E-state index in [4.69, 9.17) is 4.42 Å². The van der Waals surface area contributed by atoms with Crippen LogP contribution in [0, 0.1) is 0 Å². The number of nitrogens with zero attached hydrogens (tertiary/aromatic N) is 3. The Morgan fingerprint density at radius 3 is 2.79 bits per heavy atom. The van der Waals surface area contributed by atoms with Crippen molar-refractivity contribution in [3.8, 4) is 0 Å². The molecule has 1 aromatic carbocycles. The van der Waals surface area contributed by atoms with Gasteiger partial charge in [0.2, 0.25) is 0 Å². The largest absolute Gasteiger partial charge is 0.419 e. The van der Waals surface area contributed by atoms with Gasteiger partial charge in [-0.25, -0.2) is 9.59 Å². The van der Waals surface area contributed by atoms with E-state index in [9.17, 15) is 9.59 Å². The van der Waals surface area contributed by atoms with Crippen molar-refractivity contribution >= 4 is 34.2 Å². The van der Waals surface area contributed by atoms with Crippen LogP contribution in [-0.4, -0.2) is 20.8 Å². The van der Waals surface area contributed by atoms with Crippen LogP contribution >= 0.6 is 11.3 Å². The van der Waals surface area contributed by atoms with Crippen molar-refractivity contribution in [2.24, 2.45) is 0 Å². The van der Waals surface area contributed by atoms with Gasteiger partial charge in [0.1, 0.15) is 10.0 Å². The third-order valence-electron chi connectivity index (χ3n) is 3.45. The highest BCUT2D eigenvalue weighted by Gasteiger charge is 2.10. The Labute approximate surface area is 141 Å². The van der Waals surface area contributed by atoms with E-state index < -0.39 is 5.76 Å². The van der Waals surface area contributed by atoms with E-state index in [2.05, 4.69) is 20.8 Å². The average Bonchev–Trinajstić information content (AvgIpc) is 3.15. The topological polar surface area (TPSA) is 102 Å². The monoisotopic (exact) mass is 347 g/mol. The third-order valence-corrected chi connectivity index (χ3v) is 4.52. The van der Waals surface area contributed by atoms with E-state index in [1.165, 1.54) is 15.9 Å². The zero-order chi connectivity index (χ0) is 17.1. The molecule has 2 amide bonds. The Morgan fingerprint density at radius 1 is 1.29 bits per heavy atom. The zero-order valence-corrected chi connectivity index (χ0v) is 14.1. The fourth-order valence-electron chi connectivity index (χ4n) is 2.28. The van der Waals surface area contributed by atoms with E-state index in [0.29, 0.717) is 29.9 Å². The van der Waals surface area contributed by atoms with Crippen LogP contribution in [0.4, 0.5) is 10.5 Å². The lowest BCUT2D eigenvalue weighted by atomic mass is 10.3. The number of hydrogen-bond donors (Lipinski definition) is 2. The summed E-state index contributed by atoms with van der Waals surface area (Å²) < 4.78 is 6.70. The molecule has 0 bridgehead atoms. The molecule has 24 heavy (non-hydrogen) atoms. The summed E-state index contributed by atoms with van der Waals surface area (Å²) in [4.78, 5) is 23.6. The molecule has 2 heterocycles. The fourth-order valence-corrected chi connectivity index (χ4v) is 3.00. The van der Waals surface area contributed by atoms with Gasteiger partial charge in [-0.1, -0.05) is 18.3 Å². The van der Waals surface area contributed by atoms with E-state index in [-0.39, 0.29) is 6.03 Å². The fraction of sp³-hybridized carbons (Fsp3) is 0.333.